The van der Waals surface area contributed by atoms with Gasteiger partial charge in [-0.15, -0.1) is 0 Å². The number of methoxy groups -OCH3 is 1. The number of hydrogen-bond acceptors (Lipinski definition) is 5. The first-order valence-electron chi connectivity index (χ1n) is 8.08. The van der Waals surface area contributed by atoms with Crippen LogP contribution in [0.4, 0.5) is 0 Å². The summed E-state index contributed by atoms with van der Waals surface area (Å²) >= 11 is 0. The molecule has 0 saturated heterocycles. The molecule has 0 saturated carbocycles. The molecule has 0 aromatic carbocycles. The predicted molar refractivity (Wildman–Crippen MR) is 85.8 cm³/mol. The van der Waals surface area contributed by atoms with Crippen molar-refractivity contribution in [1.82, 2.24) is 0 Å². The molecule has 0 rings (SSSR count). The molecular weight excluding hydrogens is 284 g/mol. The van der Waals surface area contributed by atoms with Gasteiger partial charge in [0.15, 0.2) is 5.78 Å². The third-order valence-corrected chi connectivity index (χ3v) is 3.15. The average molecular weight is 314 g/mol. The maximum Gasteiger partial charge on any atom is 0.341 e. The summed E-state index contributed by atoms with van der Waals surface area (Å²) in [7, 11) is 1.59. The van der Waals surface area contributed by atoms with Gasteiger partial charge < -0.3 is 14.2 Å². The van der Waals surface area contributed by atoms with Crippen molar-refractivity contribution in [1.29, 1.82) is 0 Å². The van der Waals surface area contributed by atoms with Crippen LogP contribution in [0.15, 0.2) is 11.6 Å². The van der Waals surface area contributed by atoms with E-state index in [1.807, 2.05) is 0 Å². The Morgan fingerprint density at radius 1 is 0.955 bits per heavy atom. The van der Waals surface area contributed by atoms with E-state index in [1.54, 1.807) is 13.2 Å². The molecule has 0 bridgehead atoms. The van der Waals surface area contributed by atoms with Crippen molar-refractivity contribution in [3.8, 4) is 0 Å². The van der Waals surface area contributed by atoms with E-state index in [0.29, 0.717) is 19.8 Å². The molecule has 0 N–H and O–H groups in total. The fourth-order valence-corrected chi connectivity index (χ4v) is 1.88. The third kappa shape index (κ3) is 11.5. The molecule has 5 nitrogen and oxygen atoms in total. The van der Waals surface area contributed by atoms with E-state index in [4.69, 9.17) is 14.2 Å². The molecule has 0 atom stereocenters. The summed E-state index contributed by atoms with van der Waals surface area (Å²) in [6.45, 7) is 4.97. The summed E-state index contributed by atoms with van der Waals surface area (Å²) in [5.41, 5.74) is 0.146. The Balaban J connectivity index is 3.98. The van der Waals surface area contributed by atoms with Crippen LogP contribution < -0.4 is 0 Å². The largest absolute Gasteiger partial charge is 0.460 e. The van der Waals surface area contributed by atoms with E-state index in [9.17, 15) is 9.59 Å². The molecule has 0 aliphatic rings. The maximum atomic E-state index is 11.8. The van der Waals surface area contributed by atoms with Crippen LogP contribution in [0.1, 0.15) is 52.4 Å². The van der Waals surface area contributed by atoms with Crippen molar-refractivity contribution in [3.63, 3.8) is 0 Å². The van der Waals surface area contributed by atoms with Crippen LogP contribution in [0.25, 0.3) is 0 Å². The van der Waals surface area contributed by atoms with Gasteiger partial charge in [0.2, 0.25) is 0 Å². The lowest BCUT2D eigenvalue weighted by Crippen LogP contribution is -2.17. The zero-order valence-corrected chi connectivity index (χ0v) is 14.2. The minimum absolute atomic E-state index is 0.143. The lowest BCUT2D eigenvalue weighted by Gasteiger charge is -2.07. The summed E-state index contributed by atoms with van der Waals surface area (Å²) in [4.78, 5) is 23.4. The molecule has 0 fully saturated rings. The second-order valence-corrected chi connectivity index (χ2v) is 5.12. The number of unbranched alkanes of at least 4 members (excludes halogenated alkanes) is 5. The lowest BCUT2D eigenvalue weighted by molar-refractivity contribution is -0.141. The van der Waals surface area contributed by atoms with E-state index in [1.165, 1.54) is 26.2 Å². The van der Waals surface area contributed by atoms with Crippen LogP contribution in [0.3, 0.4) is 0 Å². The Morgan fingerprint density at radius 2 is 1.64 bits per heavy atom. The molecule has 0 spiro atoms. The van der Waals surface area contributed by atoms with Crippen molar-refractivity contribution >= 4 is 11.8 Å². The molecular formula is C17H30O5. The molecule has 0 heterocycles. The molecule has 0 aromatic heterocycles. The van der Waals surface area contributed by atoms with Crippen molar-refractivity contribution in [3.05, 3.63) is 11.6 Å². The van der Waals surface area contributed by atoms with E-state index in [2.05, 4.69) is 6.92 Å². The highest BCUT2D eigenvalue weighted by atomic mass is 16.6. The smallest absolute Gasteiger partial charge is 0.341 e. The second kappa shape index (κ2) is 14.7. The molecule has 5 heteroatoms. The number of rotatable bonds is 14. The fraction of sp³-hybridized carbons (Fsp3) is 0.765. The van der Waals surface area contributed by atoms with Crippen LogP contribution in [0.2, 0.25) is 0 Å². The van der Waals surface area contributed by atoms with Crippen molar-refractivity contribution in [2.75, 3.05) is 33.5 Å². The predicted octanol–water partition coefficient (Wildman–Crippen LogP) is 3.07. The standard InChI is InChI=1S/C17H30O5/c1-4-5-6-7-8-9-10-16(15(2)18)17(19)22-14-13-21-12-11-20-3/h10H,4-9,11-14H2,1-3H3/b16-10-. The number of carbonyl (C=O) groups excluding carboxylic acids is 2. The summed E-state index contributed by atoms with van der Waals surface area (Å²) < 4.78 is 15.1. The quantitative estimate of drug-likeness (QED) is 0.162. The van der Waals surface area contributed by atoms with Crippen LogP contribution in [-0.4, -0.2) is 45.3 Å². The molecule has 0 unspecified atom stereocenters. The van der Waals surface area contributed by atoms with Crippen molar-refractivity contribution in [2.24, 2.45) is 0 Å². The summed E-state index contributed by atoms with van der Waals surface area (Å²) in [6, 6.07) is 0. The number of ether oxygens (including phenoxy) is 3. The topological polar surface area (TPSA) is 61.8 Å². The van der Waals surface area contributed by atoms with Crippen LogP contribution in [0, 0.1) is 0 Å². The van der Waals surface area contributed by atoms with Gasteiger partial charge in [-0.2, -0.15) is 0 Å². The van der Waals surface area contributed by atoms with E-state index < -0.39 is 5.97 Å². The molecule has 0 amide bonds. The average Bonchev–Trinajstić information content (AvgIpc) is 2.49. The van der Waals surface area contributed by atoms with Gasteiger partial charge >= 0.3 is 5.97 Å². The van der Waals surface area contributed by atoms with E-state index in [0.717, 1.165) is 19.3 Å². The molecule has 0 aliphatic carbocycles. The van der Waals surface area contributed by atoms with Crippen LogP contribution in [-0.2, 0) is 23.8 Å². The molecule has 0 radical (unpaired) electrons. The van der Waals surface area contributed by atoms with Gasteiger partial charge in [0.25, 0.3) is 0 Å². The van der Waals surface area contributed by atoms with E-state index in [-0.39, 0.29) is 18.0 Å². The first-order chi connectivity index (χ1) is 10.6. The van der Waals surface area contributed by atoms with Crippen LogP contribution in [0.5, 0.6) is 0 Å². The fourth-order valence-electron chi connectivity index (χ4n) is 1.88. The zero-order valence-electron chi connectivity index (χ0n) is 14.2. The highest BCUT2D eigenvalue weighted by Crippen LogP contribution is 2.09. The molecule has 0 aromatic rings. The number of hydrogen-bond donors (Lipinski definition) is 0. The first-order valence-corrected chi connectivity index (χ1v) is 8.08. The summed E-state index contributed by atoms with van der Waals surface area (Å²) in [5, 5.41) is 0. The van der Waals surface area contributed by atoms with Crippen molar-refractivity contribution in [2.45, 2.75) is 52.4 Å². The number of Topliss-reactive ketones (excluding diaryl/α,β-unsaturated/α-hetero) is 1. The maximum absolute atomic E-state index is 11.8. The number of carbonyl (C=O) groups is 2. The Kier molecular flexibility index (Phi) is 13.9. The number of esters is 1. The van der Waals surface area contributed by atoms with Gasteiger partial charge in [-0.1, -0.05) is 38.7 Å². The minimum atomic E-state index is -0.559. The molecule has 0 aliphatic heterocycles. The lowest BCUT2D eigenvalue weighted by atomic mass is 10.1. The third-order valence-electron chi connectivity index (χ3n) is 3.15. The zero-order chi connectivity index (χ0) is 16.6. The Morgan fingerprint density at radius 3 is 2.27 bits per heavy atom. The van der Waals surface area contributed by atoms with Gasteiger partial charge in [-0.3, -0.25) is 4.79 Å². The SMILES string of the molecule is CCCCCCC/C=C(/C(C)=O)C(=O)OCCOCCOC. The van der Waals surface area contributed by atoms with Gasteiger partial charge in [0, 0.05) is 7.11 Å². The Hall–Kier alpha value is -1.20. The number of ketones is 1. The van der Waals surface area contributed by atoms with Gasteiger partial charge in [0.1, 0.15) is 6.61 Å². The monoisotopic (exact) mass is 314 g/mol. The normalized spacial score (nSPS) is 11.5. The number of allylic oxidation sites excluding steroid dienone is 1. The van der Waals surface area contributed by atoms with E-state index >= 15 is 0 Å². The highest BCUT2D eigenvalue weighted by Gasteiger charge is 2.15. The summed E-state index contributed by atoms with van der Waals surface area (Å²) in [6.07, 6.45) is 8.17. The first kappa shape index (κ1) is 20.8. The second-order valence-electron chi connectivity index (χ2n) is 5.12. The highest BCUT2D eigenvalue weighted by molar-refractivity contribution is 6.16. The Bertz CT molecular complexity index is 336. The van der Waals surface area contributed by atoms with Crippen LogP contribution >= 0.6 is 0 Å². The Labute approximate surface area is 134 Å². The summed E-state index contributed by atoms with van der Waals surface area (Å²) in [5.74, 6) is -0.810. The molecule has 128 valence electrons. The van der Waals surface area contributed by atoms with Crippen molar-refractivity contribution < 1.29 is 23.8 Å². The van der Waals surface area contributed by atoms with Gasteiger partial charge in [-0.05, 0) is 19.8 Å². The minimum Gasteiger partial charge on any atom is -0.460 e. The van der Waals surface area contributed by atoms with Gasteiger partial charge in [-0.25, -0.2) is 4.79 Å². The molecule has 22 heavy (non-hydrogen) atoms. The van der Waals surface area contributed by atoms with Gasteiger partial charge in [0.05, 0.1) is 25.4 Å².